The normalized spacial score (nSPS) is 10.0. The lowest BCUT2D eigenvalue weighted by Crippen LogP contribution is -2.16. The van der Waals surface area contributed by atoms with Crippen molar-refractivity contribution in [1.29, 1.82) is 0 Å². The van der Waals surface area contributed by atoms with E-state index in [2.05, 4.69) is 15.0 Å². The van der Waals surface area contributed by atoms with E-state index >= 15 is 0 Å². The molecule has 0 saturated carbocycles. The molecule has 0 aliphatic rings. The second kappa shape index (κ2) is 6.04. The molecule has 0 fully saturated rings. The Labute approximate surface area is 121 Å². The van der Waals surface area contributed by atoms with Gasteiger partial charge in [0.05, 0.1) is 12.8 Å². The average molecular weight is 286 g/mol. The predicted molar refractivity (Wildman–Crippen MR) is 76.4 cm³/mol. The number of amides is 1. The second-order valence-corrected chi connectivity index (χ2v) is 4.37. The molecule has 2 N–H and O–H groups in total. The van der Waals surface area contributed by atoms with Crippen LogP contribution in [0.1, 0.15) is 26.5 Å². The van der Waals surface area contributed by atoms with Gasteiger partial charge < -0.3 is 15.2 Å². The summed E-state index contributed by atoms with van der Waals surface area (Å²) in [5, 5.41) is 12.3. The van der Waals surface area contributed by atoms with Crippen LogP contribution in [0.15, 0.2) is 36.4 Å². The Bertz CT molecular complexity index is 698. The molecule has 2 rings (SSSR count). The highest BCUT2D eigenvalue weighted by molar-refractivity contribution is 6.04. The number of anilines is 1. The van der Waals surface area contributed by atoms with Gasteiger partial charge in [-0.1, -0.05) is 12.1 Å². The number of ether oxygens (including phenoxy) is 1. The molecule has 0 spiro atoms. The van der Waals surface area contributed by atoms with Gasteiger partial charge in [-0.2, -0.15) is 0 Å². The van der Waals surface area contributed by atoms with Gasteiger partial charge in [0.2, 0.25) is 0 Å². The van der Waals surface area contributed by atoms with Crippen molar-refractivity contribution in [2.75, 3.05) is 12.4 Å². The van der Waals surface area contributed by atoms with E-state index in [9.17, 15) is 14.7 Å². The lowest BCUT2D eigenvalue weighted by molar-refractivity contribution is 0.0594. The summed E-state index contributed by atoms with van der Waals surface area (Å²) >= 11 is 0. The summed E-state index contributed by atoms with van der Waals surface area (Å²) in [4.78, 5) is 27.4. The number of aromatic hydroxyl groups is 1. The van der Waals surface area contributed by atoms with E-state index in [1.165, 1.54) is 31.4 Å². The Morgan fingerprint density at radius 1 is 1.19 bits per heavy atom. The fourth-order valence-electron chi connectivity index (χ4n) is 1.71. The number of hydrogen-bond acceptors (Lipinski definition) is 5. The Hall–Kier alpha value is -2.89. The maximum Gasteiger partial charge on any atom is 0.356 e. The van der Waals surface area contributed by atoms with E-state index in [0.29, 0.717) is 0 Å². The number of esters is 1. The first-order valence-corrected chi connectivity index (χ1v) is 6.17. The molecule has 1 heterocycles. The number of carbonyl (C=O) groups is 2. The van der Waals surface area contributed by atoms with Crippen molar-refractivity contribution in [3.8, 4) is 5.75 Å². The van der Waals surface area contributed by atoms with Gasteiger partial charge in [0.1, 0.15) is 17.1 Å². The van der Waals surface area contributed by atoms with E-state index in [1.54, 1.807) is 12.1 Å². The molecule has 0 radical (unpaired) electrons. The van der Waals surface area contributed by atoms with Gasteiger partial charge in [0.25, 0.3) is 5.91 Å². The minimum Gasteiger partial charge on any atom is -0.506 e. The molecule has 21 heavy (non-hydrogen) atoms. The van der Waals surface area contributed by atoms with Crippen LogP contribution < -0.4 is 5.32 Å². The molecule has 0 aliphatic heterocycles. The second-order valence-electron chi connectivity index (χ2n) is 4.37. The summed E-state index contributed by atoms with van der Waals surface area (Å²) in [6.07, 6.45) is 0. The number of benzene rings is 1. The first-order chi connectivity index (χ1) is 10.0. The molecule has 108 valence electrons. The summed E-state index contributed by atoms with van der Waals surface area (Å²) < 4.78 is 4.55. The van der Waals surface area contributed by atoms with Crippen molar-refractivity contribution in [2.45, 2.75) is 6.92 Å². The van der Waals surface area contributed by atoms with Gasteiger partial charge in [-0.05, 0) is 36.8 Å². The maximum absolute atomic E-state index is 12.1. The fraction of sp³-hybridized carbons (Fsp3) is 0.133. The number of nitrogens with zero attached hydrogens (tertiary/aromatic N) is 1. The maximum atomic E-state index is 12.1. The highest BCUT2D eigenvalue weighted by Gasteiger charge is 2.13. The van der Waals surface area contributed by atoms with Crippen LogP contribution in [-0.4, -0.2) is 29.1 Å². The van der Waals surface area contributed by atoms with E-state index < -0.39 is 11.9 Å². The summed E-state index contributed by atoms with van der Waals surface area (Å²) in [7, 11) is 1.24. The van der Waals surface area contributed by atoms with Gasteiger partial charge in [0.15, 0.2) is 0 Å². The summed E-state index contributed by atoms with van der Waals surface area (Å²) in [6.45, 7) is 1.83. The smallest absolute Gasteiger partial charge is 0.356 e. The largest absolute Gasteiger partial charge is 0.506 e. The van der Waals surface area contributed by atoms with Crippen LogP contribution in [0.3, 0.4) is 0 Å². The van der Waals surface area contributed by atoms with Gasteiger partial charge in [-0.3, -0.25) is 4.79 Å². The number of aromatic nitrogens is 1. The highest BCUT2D eigenvalue weighted by Crippen LogP contribution is 2.24. The molecule has 0 unspecified atom stereocenters. The van der Waals surface area contributed by atoms with Crippen molar-refractivity contribution in [3.05, 3.63) is 53.3 Å². The average Bonchev–Trinajstić information content (AvgIpc) is 2.49. The number of phenolic OH excluding ortho intramolecular Hbond substituents is 1. The molecule has 0 bridgehead atoms. The molecule has 6 heteroatoms. The molecule has 0 aliphatic carbocycles. The minimum atomic E-state index is -0.622. The Kier molecular flexibility index (Phi) is 4.18. The van der Waals surface area contributed by atoms with Crippen LogP contribution in [0.4, 0.5) is 5.69 Å². The molecular weight excluding hydrogens is 272 g/mol. The van der Waals surface area contributed by atoms with Gasteiger partial charge in [0, 0.05) is 0 Å². The number of hydrogen-bond donors (Lipinski definition) is 2. The van der Waals surface area contributed by atoms with Gasteiger partial charge in [-0.15, -0.1) is 0 Å². The molecule has 0 atom stereocenters. The van der Waals surface area contributed by atoms with Crippen LogP contribution in [0.5, 0.6) is 5.75 Å². The minimum absolute atomic E-state index is 0.0347. The van der Waals surface area contributed by atoms with Crippen molar-refractivity contribution < 1.29 is 19.4 Å². The van der Waals surface area contributed by atoms with E-state index in [1.807, 2.05) is 6.92 Å². The first kappa shape index (κ1) is 14.5. The molecular formula is C15H14N2O4. The Morgan fingerprint density at radius 2 is 1.90 bits per heavy atom. The lowest BCUT2D eigenvalue weighted by Gasteiger charge is -2.08. The van der Waals surface area contributed by atoms with Crippen LogP contribution in [-0.2, 0) is 4.74 Å². The molecule has 2 aromatic rings. The van der Waals surface area contributed by atoms with Crippen molar-refractivity contribution in [1.82, 2.24) is 4.98 Å². The third-order valence-electron chi connectivity index (χ3n) is 2.78. The highest BCUT2D eigenvalue weighted by atomic mass is 16.5. The Morgan fingerprint density at radius 3 is 2.57 bits per heavy atom. The lowest BCUT2D eigenvalue weighted by atomic mass is 10.2. The fourth-order valence-corrected chi connectivity index (χ4v) is 1.71. The quantitative estimate of drug-likeness (QED) is 0.666. The van der Waals surface area contributed by atoms with Crippen LogP contribution in [0, 0.1) is 6.92 Å². The number of pyridine rings is 1. The molecule has 1 aromatic carbocycles. The van der Waals surface area contributed by atoms with E-state index in [4.69, 9.17) is 0 Å². The van der Waals surface area contributed by atoms with Crippen LogP contribution in [0.25, 0.3) is 0 Å². The summed E-state index contributed by atoms with van der Waals surface area (Å²) in [5.41, 5.74) is 1.24. The van der Waals surface area contributed by atoms with Crippen LogP contribution >= 0.6 is 0 Å². The van der Waals surface area contributed by atoms with Crippen molar-refractivity contribution >= 4 is 17.6 Å². The van der Waals surface area contributed by atoms with Gasteiger partial charge in [-0.25, -0.2) is 9.78 Å². The molecule has 1 aromatic heterocycles. The van der Waals surface area contributed by atoms with Gasteiger partial charge >= 0.3 is 5.97 Å². The zero-order valence-corrected chi connectivity index (χ0v) is 11.6. The number of nitrogens with one attached hydrogen (secondary N) is 1. The van der Waals surface area contributed by atoms with Crippen molar-refractivity contribution in [3.63, 3.8) is 0 Å². The third kappa shape index (κ3) is 3.36. The Balaban J connectivity index is 2.22. The first-order valence-electron chi connectivity index (χ1n) is 6.17. The summed E-state index contributed by atoms with van der Waals surface area (Å²) in [6, 6.07) is 9.33. The van der Waals surface area contributed by atoms with E-state index in [-0.39, 0.29) is 22.8 Å². The standard InChI is InChI=1S/C15H14N2O4/c1-9-6-7-10(13(18)8-9)17-14(19)11-4-3-5-12(16-11)15(20)21-2/h3-8,18H,1-2H3,(H,17,19). The zero-order valence-electron chi connectivity index (χ0n) is 11.6. The predicted octanol–water partition coefficient (Wildman–Crippen LogP) is 2.13. The number of aryl methyl sites for hydroxylation is 1. The monoisotopic (exact) mass is 286 g/mol. The number of phenols is 1. The van der Waals surface area contributed by atoms with E-state index in [0.717, 1.165) is 5.56 Å². The van der Waals surface area contributed by atoms with Crippen LogP contribution in [0.2, 0.25) is 0 Å². The number of rotatable bonds is 3. The summed E-state index contributed by atoms with van der Waals surface area (Å²) in [5.74, 6) is -1.18. The SMILES string of the molecule is COC(=O)c1cccc(C(=O)Nc2ccc(C)cc2O)n1. The number of carbonyl (C=O) groups excluding carboxylic acids is 2. The number of methoxy groups -OCH3 is 1. The topological polar surface area (TPSA) is 88.5 Å². The zero-order chi connectivity index (χ0) is 15.4. The molecule has 6 nitrogen and oxygen atoms in total. The molecule has 0 saturated heterocycles. The third-order valence-corrected chi connectivity index (χ3v) is 2.78. The molecule has 1 amide bonds. The van der Waals surface area contributed by atoms with Crippen molar-refractivity contribution in [2.24, 2.45) is 0 Å².